The number of aryl methyl sites for hydroxylation is 1. The molecule has 0 fully saturated rings. The summed E-state index contributed by atoms with van der Waals surface area (Å²) < 4.78 is 5.69. The normalized spacial score (nSPS) is 15.6. The Balaban J connectivity index is 2.57. The summed E-state index contributed by atoms with van der Waals surface area (Å²) in [5.41, 5.74) is 5.71. The zero-order chi connectivity index (χ0) is 14.5. The molecule has 0 aliphatic carbocycles. The van der Waals surface area contributed by atoms with Crippen molar-refractivity contribution in [2.45, 2.75) is 51.7 Å². The van der Waals surface area contributed by atoms with Crippen LogP contribution in [0.2, 0.25) is 0 Å². The van der Waals surface area contributed by atoms with Crippen molar-refractivity contribution in [2.24, 2.45) is 5.73 Å². The van der Waals surface area contributed by atoms with E-state index in [9.17, 15) is 4.79 Å². The summed E-state index contributed by atoms with van der Waals surface area (Å²) in [7, 11) is 0. The van der Waals surface area contributed by atoms with Gasteiger partial charge in [0.2, 0.25) is 0 Å². The number of ether oxygens (including phenoxy) is 1. The number of nitrogens with two attached hydrogens (primary N) is 1. The second-order valence-electron chi connectivity index (χ2n) is 5.25. The molecule has 0 amide bonds. The lowest BCUT2D eigenvalue weighted by atomic mass is 9.96. The van der Waals surface area contributed by atoms with Gasteiger partial charge in [-0.1, -0.05) is 25.5 Å². The van der Waals surface area contributed by atoms with Gasteiger partial charge >= 0.3 is 5.97 Å². The first kappa shape index (κ1) is 15.5. The predicted octanol–water partition coefficient (Wildman–Crippen LogP) is 2.60. The molecule has 19 heavy (non-hydrogen) atoms. The molecule has 0 spiro atoms. The van der Waals surface area contributed by atoms with Gasteiger partial charge in [0.05, 0.1) is 6.10 Å². The van der Waals surface area contributed by atoms with Crippen molar-refractivity contribution in [2.75, 3.05) is 0 Å². The summed E-state index contributed by atoms with van der Waals surface area (Å²) in [6.07, 6.45) is 2.18. The lowest BCUT2D eigenvalue weighted by Gasteiger charge is -2.24. The first-order valence-corrected chi connectivity index (χ1v) is 6.63. The molecule has 1 rings (SSSR count). The van der Waals surface area contributed by atoms with Crippen LogP contribution < -0.4 is 10.5 Å². The average molecular weight is 265 g/mol. The van der Waals surface area contributed by atoms with Crippen LogP contribution in [0.15, 0.2) is 24.3 Å². The molecule has 0 aliphatic rings. The summed E-state index contributed by atoms with van der Waals surface area (Å²) in [5.74, 6) is -0.269. The number of aliphatic carboxylic acids is 1. The number of hydrogen-bond donors (Lipinski definition) is 2. The molecule has 1 aromatic carbocycles. The lowest BCUT2D eigenvalue weighted by molar-refractivity contribution is -0.143. The highest BCUT2D eigenvalue weighted by Crippen LogP contribution is 2.18. The molecule has 0 aliphatic heterocycles. The Bertz CT molecular complexity index is 412. The SMILES string of the molecule is CCCc1ccc(OC(C)CC(C)(N)C(=O)O)cc1. The van der Waals surface area contributed by atoms with E-state index in [2.05, 4.69) is 6.92 Å². The third kappa shape index (κ3) is 4.91. The topological polar surface area (TPSA) is 72.5 Å². The maximum absolute atomic E-state index is 10.9. The Labute approximate surface area is 114 Å². The summed E-state index contributed by atoms with van der Waals surface area (Å²) in [6.45, 7) is 5.47. The molecule has 4 heteroatoms. The van der Waals surface area contributed by atoms with Crippen molar-refractivity contribution < 1.29 is 14.6 Å². The zero-order valence-corrected chi connectivity index (χ0v) is 11.8. The second-order valence-corrected chi connectivity index (χ2v) is 5.25. The van der Waals surface area contributed by atoms with Crippen LogP contribution in [0.5, 0.6) is 5.75 Å². The Morgan fingerprint density at radius 1 is 1.42 bits per heavy atom. The largest absolute Gasteiger partial charge is 0.491 e. The molecule has 106 valence electrons. The smallest absolute Gasteiger partial charge is 0.323 e. The van der Waals surface area contributed by atoms with E-state index in [1.165, 1.54) is 12.5 Å². The van der Waals surface area contributed by atoms with E-state index in [0.717, 1.165) is 18.6 Å². The van der Waals surface area contributed by atoms with Gasteiger partial charge in [-0.2, -0.15) is 0 Å². The fourth-order valence-electron chi connectivity index (χ4n) is 1.98. The van der Waals surface area contributed by atoms with Gasteiger partial charge in [-0.05, 0) is 38.0 Å². The van der Waals surface area contributed by atoms with Crippen LogP contribution in [0.25, 0.3) is 0 Å². The van der Waals surface area contributed by atoms with E-state index in [-0.39, 0.29) is 12.5 Å². The lowest BCUT2D eigenvalue weighted by Crippen LogP contribution is -2.47. The molecule has 0 bridgehead atoms. The minimum absolute atomic E-state index is 0.247. The van der Waals surface area contributed by atoms with Gasteiger partial charge in [0.1, 0.15) is 11.3 Å². The summed E-state index contributed by atoms with van der Waals surface area (Å²) >= 11 is 0. The van der Waals surface area contributed by atoms with E-state index in [0.29, 0.717) is 0 Å². The first-order chi connectivity index (χ1) is 8.85. The molecule has 1 aromatic rings. The molecule has 0 saturated carbocycles. The van der Waals surface area contributed by atoms with Crippen LogP contribution in [0, 0.1) is 0 Å². The monoisotopic (exact) mass is 265 g/mol. The molecule has 2 atom stereocenters. The van der Waals surface area contributed by atoms with Crippen molar-refractivity contribution in [3.63, 3.8) is 0 Å². The van der Waals surface area contributed by atoms with Crippen LogP contribution in [0.4, 0.5) is 0 Å². The van der Waals surface area contributed by atoms with Gasteiger partial charge in [0.15, 0.2) is 0 Å². The maximum Gasteiger partial charge on any atom is 0.323 e. The van der Waals surface area contributed by atoms with E-state index in [4.69, 9.17) is 15.6 Å². The van der Waals surface area contributed by atoms with Crippen LogP contribution >= 0.6 is 0 Å². The highest BCUT2D eigenvalue weighted by Gasteiger charge is 2.30. The highest BCUT2D eigenvalue weighted by molar-refractivity contribution is 5.77. The van der Waals surface area contributed by atoms with E-state index < -0.39 is 11.5 Å². The number of carboxylic acid groups (broad SMARTS) is 1. The van der Waals surface area contributed by atoms with Crippen LogP contribution in [-0.2, 0) is 11.2 Å². The van der Waals surface area contributed by atoms with Crippen molar-refractivity contribution in [3.05, 3.63) is 29.8 Å². The van der Waals surface area contributed by atoms with Gasteiger partial charge in [0.25, 0.3) is 0 Å². The van der Waals surface area contributed by atoms with Gasteiger partial charge in [-0.3, -0.25) is 4.79 Å². The number of carboxylic acids is 1. The first-order valence-electron chi connectivity index (χ1n) is 6.63. The molecule has 4 nitrogen and oxygen atoms in total. The van der Waals surface area contributed by atoms with Gasteiger partial charge < -0.3 is 15.6 Å². The molecule has 0 saturated heterocycles. The van der Waals surface area contributed by atoms with Crippen molar-refractivity contribution >= 4 is 5.97 Å². The van der Waals surface area contributed by atoms with E-state index >= 15 is 0 Å². The minimum Gasteiger partial charge on any atom is -0.491 e. The molecular weight excluding hydrogens is 242 g/mol. The van der Waals surface area contributed by atoms with Gasteiger partial charge in [-0.15, -0.1) is 0 Å². The Hall–Kier alpha value is -1.55. The number of benzene rings is 1. The van der Waals surface area contributed by atoms with Crippen LogP contribution in [-0.4, -0.2) is 22.7 Å². The molecule has 3 N–H and O–H groups in total. The van der Waals surface area contributed by atoms with E-state index in [1.807, 2.05) is 31.2 Å². The molecule has 0 heterocycles. The Morgan fingerprint density at radius 2 is 2.00 bits per heavy atom. The summed E-state index contributed by atoms with van der Waals surface area (Å²) in [4.78, 5) is 10.9. The summed E-state index contributed by atoms with van der Waals surface area (Å²) in [5, 5.41) is 8.97. The standard InChI is InChI=1S/C15H23NO3/c1-4-5-12-6-8-13(9-7-12)19-11(2)10-15(3,16)14(17)18/h6-9,11H,4-5,10,16H2,1-3H3,(H,17,18). The van der Waals surface area contributed by atoms with Crippen LogP contribution in [0.3, 0.4) is 0 Å². The third-order valence-corrected chi connectivity index (χ3v) is 3.00. The fraction of sp³-hybridized carbons (Fsp3) is 0.533. The van der Waals surface area contributed by atoms with Crippen molar-refractivity contribution in [3.8, 4) is 5.75 Å². The molecule has 0 radical (unpaired) electrons. The average Bonchev–Trinajstić information content (AvgIpc) is 2.31. The number of rotatable bonds is 7. The minimum atomic E-state index is -1.26. The molecule has 0 aromatic heterocycles. The second kappa shape index (κ2) is 6.57. The van der Waals surface area contributed by atoms with E-state index in [1.54, 1.807) is 0 Å². The predicted molar refractivity (Wildman–Crippen MR) is 75.4 cm³/mol. The Morgan fingerprint density at radius 3 is 2.47 bits per heavy atom. The number of carbonyl (C=O) groups is 1. The zero-order valence-electron chi connectivity index (χ0n) is 11.8. The van der Waals surface area contributed by atoms with Crippen molar-refractivity contribution in [1.29, 1.82) is 0 Å². The van der Waals surface area contributed by atoms with Crippen LogP contribution in [0.1, 0.15) is 39.2 Å². The number of hydrogen-bond acceptors (Lipinski definition) is 3. The Kier molecular flexibility index (Phi) is 5.36. The fourth-order valence-corrected chi connectivity index (χ4v) is 1.98. The highest BCUT2D eigenvalue weighted by atomic mass is 16.5. The van der Waals surface area contributed by atoms with Gasteiger partial charge in [0, 0.05) is 6.42 Å². The molecule has 2 unspecified atom stereocenters. The third-order valence-electron chi connectivity index (χ3n) is 3.00. The molecular formula is C15H23NO3. The van der Waals surface area contributed by atoms with Crippen molar-refractivity contribution in [1.82, 2.24) is 0 Å². The quantitative estimate of drug-likeness (QED) is 0.794. The maximum atomic E-state index is 10.9. The summed E-state index contributed by atoms with van der Waals surface area (Å²) in [6, 6.07) is 7.89. The van der Waals surface area contributed by atoms with Gasteiger partial charge in [-0.25, -0.2) is 0 Å².